The average molecular weight is 334 g/mol. The summed E-state index contributed by atoms with van der Waals surface area (Å²) < 4.78 is 6.14. The minimum absolute atomic E-state index is 0.106. The Hall–Kier alpha value is -0.420. The molecule has 134 valence electrons. The maximum Gasteiger partial charge on any atom is 0.118 e. The number of rotatable bonds is 1. The Labute approximate surface area is 143 Å². The van der Waals surface area contributed by atoms with Gasteiger partial charge < -0.3 is 20.1 Å². The predicted molar refractivity (Wildman–Crippen MR) is 89.1 cm³/mol. The number of epoxide rings is 1. The van der Waals surface area contributed by atoms with E-state index in [1.165, 1.54) is 0 Å². The molecule has 5 rings (SSSR count). The molecular weight excluding hydrogens is 304 g/mol. The first-order valence-electron chi connectivity index (χ1n) is 9.52. The third-order valence-corrected chi connectivity index (χ3v) is 9.67. The van der Waals surface area contributed by atoms with E-state index in [-0.39, 0.29) is 22.9 Å². The molecule has 1 heterocycles. The zero-order valence-corrected chi connectivity index (χ0v) is 15.1. The van der Waals surface area contributed by atoms with Gasteiger partial charge in [0.25, 0.3) is 0 Å². The normalized spacial score (nSPS) is 66.6. The zero-order valence-electron chi connectivity index (χ0n) is 15.1. The van der Waals surface area contributed by atoms with Crippen molar-refractivity contribution >= 4 is 0 Å². The van der Waals surface area contributed by atoms with Crippen molar-refractivity contribution in [2.24, 2.45) is 34.0 Å². The molecule has 4 nitrogen and oxygen atoms in total. The van der Waals surface area contributed by atoms with Gasteiger partial charge in [0.1, 0.15) is 17.8 Å². The van der Waals surface area contributed by atoms with Crippen LogP contribution in [0.2, 0.25) is 0 Å². The zero-order chi connectivity index (χ0) is 17.4. The van der Waals surface area contributed by atoms with E-state index in [0.717, 1.165) is 24.8 Å². The van der Waals surface area contributed by atoms with Crippen LogP contribution in [-0.2, 0) is 4.74 Å². The van der Waals surface area contributed by atoms with Crippen LogP contribution in [0.25, 0.3) is 0 Å². The van der Waals surface area contributed by atoms with E-state index in [0.29, 0.717) is 11.8 Å². The monoisotopic (exact) mass is 334 g/mol. The lowest BCUT2D eigenvalue weighted by atomic mass is 9.55. The van der Waals surface area contributed by atoms with Gasteiger partial charge in [-0.1, -0.05) is 34.3 Å². The predicted octanol–water partition coefficient (Wildman–Crippen LogP) is 1.87. The molecule has 5 aliphatic rings. The van der Waals surface area contributed by atoms with E-state index < -0.39 is 29.3 Å². The van der Waals surface area contributed by atoms with Gasteiger partial charge in [0.2, 0.25) is 0 Å². The van der Waals surface area contributed by atoms with Gasteiger partial charge in [-0.3, -0.25) is 0 Å². The summed E-state index contributed by atoms with van der Waals surface area (Å²) >= 11 is 0. The maximum absolute atomic E-state index is 11.3. The first kappa shape index (κ1) is 15.8. The second-order valence-electron chi connectivity index (χ2n) is 9.95. The summed E-state index contributed by atoms with van der Waals surface area (Å²) in [5.41, 5.74) is -0.610. The number of hydrogen-bond acceptors (Lipinski definition) is 4. The van der Waals surface area contributed by atoms with Crippen molar-refractivity contribution in [3.63, 3.8) is 0 Å². The molecule has 10 atom stereocenters. The van der Waals surface area contributed by atoms with Crippen LogP contribution >= 0.6 is 0 Å². The molecular formula is C20H30O4. The maximum atomic E-state index is 11.3. The highest BCUT2D eigenvalue weighted by atomic mass is 16.6. The lowest BCUT2D eigenvalue weighted by molar-refractivity contribution is -0.0777. The molecule has 1 saturated heterocycles. The highest BCUT2D eigenvalue weighted by Gasteiger charge is 2.93. The minimum Gasteiger partial charge on any atom is -0.390 e. The molecule has 0 radical (unpaired) electrons. The summed E-state index contributed by atoms with van der Waals surface area (Å²) in [5, 5.41) is 32.9. The quantitative estimate of drug-likeness (QED) is 0.506. The second-order valence-corrected chi connectivity index (χ2v) is 9.95. The van der Waals surface area contributed by atoms with Gasteiger partial charge in [-0.25, -0.2) is 0 Å². The van der Waals surface area contributed by atoms with E-state index in [4.69, 9.17) is 4.74 Å². The smallest absolute Gasteiger partial charge is 0.118 e. The van der Waals surface area contributed by atoms with Crippen molar-refractivity contribution in [3.05, 3.63) is 12.2 Å². The summed E-state index contributed by atoms with van der Waals surface area (Å²) in [5.74, 6) is 0.978. The van der Waals surface area contributed by atoms with Crippen molar-refractivity contribution in [2.45, 2.75) is 77.0 Å². The molecule has 0 unspecified atom stereocenters. The average Bonchev–Trinajstić information content (AvgIpc) is 3.05. The van der Waals surface area contributed by atoms with Crippen LogP contribution in [0, 0.1) is 34.0 Å². The topological polar surface area (TPSA) is 73.2 Å². The molecule has 0 aromatic rings. The Balaban J connectivity index is 1.73. The highest BCUT2D eigenvalue weighted by molar-refractivity contribution is 5.47. The largest absolute Gasteiger partial charge is 0.390 e. The standard InChI is InChI=1S/C20H30O4/c1-9(2)11-6-7-19-8-12-10(3)13(21)16-20(12,24-16)18(19,5)15(23)14(22)17(11,19)4/h9,11-16,21-23H,3,6-8H2,1-2,4-5H3/t11-,12-,13+,14+,15+,16-,17+,18+,19-,20+/m1/s1. The Morgan fingerprint density at radius 2 is 1.83 bits per heavy atom. The molecule has 0 aromatic heterocycles. The van der Waals surface area contributed by atoms with Crippen molar-refractivity contribution in [1.82, 2.24) is 0 Å². The molecule has 0 aromatic carbocycles. The van der Waals surface area contributed by atoms with E-state index >= 15 is 0 Å². The van der Waals surface area contributed by atoms with Crippen molar-refractivity contribution in [2.75, 3.05) is 0 Å². The van der Waals surface area contributed by atoms with Gasteiger partial charge in [-0.05, 0) is 42.1 Å². The molecule has 4 saturated carbocycles. The number of ether oxygens (including phenoxy) is 1. The van der Waals surface area contributed by atoms with Gasteiger partial charge >= 0.3 is 0 Å². The summed E-state index contributed by atoms with van der Waals surface area (Å²) in [6, 6.07) is 0. The Morgan fingerprint density at radius 1 is 1.17 bits per heavy atom. The summed E-state index contributed by atoms with van der Waals surface area (Å²) in [7, 11) is 0. The van der Waals surface area contributed by atoms with Crippen LogP contribution in [0.15, 0.2) is 12.2 Å². The molecule has 3 N–H and O–H groups in total. The first-order valence-corrected chi connectivity index (χ1v) is 9.52. The van der Waals surface area contributed by atoms with Crippen LogP contribution in [-0.4, -0.2) is 45.3 Å². The molecule has 4 aliphatic carbocycles. The third-order valence-electron chi connectivity index (χ3n) is 9.67. The minimum atomic E-state index is -0.808. The van der Waals surface area contributed by atoms with E-state index in [9.17, 15) is 15.3 Å². The third kappa shape index (κ3) is 1.11. The first-order chi connectivity index (χ1) is 11.1. The molecule has 4 heteroatoms. The van der Waals surface area contributed by atoms with Crippen LogP contribution in [0.3, 0.4) is 0 Å². The fraction of sp³-hybridized carbons (Fsp3) is 0.900. The van der Waals surface area contributed by atoms with E-state index in [2.05, 4.69) is 34.3 Å². The van der Waals surface area contributed by atoms with Crippen molar-refractivity contribution < 1.29 is 20.1 Å². The Bertz CT molecular complexity index is 646. The second kappa shape index (κ2) is 3.95. The van der Waals surface area contributed by atoms with E-state index in [1.807, 2.05) is 0 Å². The van der Waals surface area contributed by atoms with Crippen LogP contribution < -0.4 is 0 Å². The number of hydrogen-bond donors (Lipinski definition) is 3. The van der Waals surface area contributed by atoms with Gasteiger partial charge in [-0.2, -0.15) is 0 Å². The lowest BCUT2D eigenvalue weighted by Gasteiger charge is -2.47. The van der Waals surface area contributed by atoms with Crippen molar-refractivity contribution in [3.8, 4) is 0 Å². The highest BCUT2D eigenvalue weighted by Crippen LogP contribution is 2.87. The molecule has 0 bridgehead atoms. The molecule has 2 spiro atoms. The molecule has 24 heavy (non-hydrogen) atoms. The molecule has 1 aliphatic heterocycles. The molecule has 5 fully saturated rings. The van der Waals surface area contributed by atoms with Crippen LogP contribution in [0.1, 0.15) is 47.0 Å². The number of aliphatic hydroxyl groups is 3. The van der Waals surface area contributed by atoms with Gasteiger partial charge in [0.15, 0.2) is 0 Å². The lowest BCUT2D eigenvalue weighted by Crippen LogP contribution is -2.50. The van der Waals surface area contributed by atoms with Crippen molar-refractivity contribution in [1.29, 1.82) is 0 Å². The van der Waals surface area contributed by atoms with Gasteiger partial charge in [0, 0.05) is 16.7 Å². The fourth-order valence-corrected chi connectivity index (χ4v) is 8.58. The summed E-state index contributed by atoms with van der Waals surface area (Å²) in [6.45, 7) is 13.0. The van der Waals surface area contributed by atoms with E-state index in [1.54, 1.807) is 0 Å². The molecule has 0 amide bonds. The van der Waals surface area contributed by atoms with Gasteiger partial charge in [-0.15, -0.1) is 0 Å². The Kier molecular flexibility index (Phi) is 2.60. The van der Waals surface area contributed by atoms with Crippen LogP contribution in [0.4, 0.5) is 0 Å². The Morgan fingerprint density at radius 3 is 2.46 bits per heavy atom. The number of aliphatic hydroxyl groups excluding tert-OH is 3. The summed E-state index contributed by atoms with van der Waals surface area (Å²) in [4.78, 5) is 0. The van der Waals surface area contributed by atoms with Crippen LogP contribution in [0.5, 0.6) is 0 Å². The summed E-state index contributed by atoms with van der Waals surface area (Å²) in [6.07, 6.45) is 0.583. The fourth-order valence-electron chi connectivity index (χ4n) is 8.58. The SMILES string of the molecule is C=C1[C@H]2C[C@]34CC[C@H](C(C)C)[C@@]3(C)[C@@H](O)[C@H](O)[C@]4(C)[C@]23O[C@@H]3[C@H]1O. The van der Waals surface area contributed by atoms with Gasteiger partial charge in [0.05, 0.1) is 12.2 Å².